The molecule has 0 unspecified atom stereocenters. The molecule has 2 N–H and O–H groups in total. The molecule has 0 bridgehead atoms. The van der Waals surface area contributed by atoms with Crippen LogP contribution in [-0.2, 0) is 17.8 Å². The van der Waals surface area contributed by atoms with Crippen LogP contribution in [0.3, 0.4) is 0 Å². The smallest absolute Gasteiger partial charge is 0.410 e. The summed E-state index contributed by atoms with van der Waals surface area (Å²) >= 11 is 0. The van der Waals surface area contributed by atoms with Gasteiger partial charge in [-0.3, -0.25) is 4.90 Å². The van der Waals surface area contributed by atoms with E-state index in [1.165, 1.54) is 6.07 Å². The van der Waals surface area contributed by atoms with E-state index in [0.29, 0.717) is 25.2 Å². The van der Waals surface area contributed by atoms with Crippen LogP contribution < -0.4 is 5.73 Å². The zero-order valence-corrected chi connectivity index (χ0v) is 17.5. The van der Waals surface area contributed by atoms with Gasteiger partial charge in [-0.1, -0.05) is 31.7 Å². The predicted molar refractivity (Wildman–Crippen MR) is 120 cm³/mol. The lowest BCUT2D eigenvalue weighted by Gasteiger charge is -2.35. The van der Waals surface area contributed by atoms with E-state index in [1.807, 2.05) is 45.0 Å². The van der Waals surface area contributed by atoms with E-state index in [2.05, 4.69) is 11.0 Å². The number of amides is 1. The highest BCUT2D eigenvalue weighted by Gasteiger charge is 2.25. The van der Waals surface area contributed by atoms with Crippen molar-refractivity contribution in [2.45, 2.75) is 46.9 Å². The second-order valence-corrected chi connectivity index (χ2v) is 8.46. The Kier molecular flexibility index (Phi) is 7.98. The highest BCUT2D eigenvalue weighted by Crippen LogP contribution is 2.25. The maximum Gasteiger partial charge on any atom is 0.410 e. The Balaban J connectivity index is 0.00000320. The summed E-state index contributed by atoms with van der Waals surface area (Å²) in [5.74, 6) is -0.245. The molecule has 1 aliphatic rings. The summed E-state index contributed by atoms with van der Waals surface area (Å²) in [6, 6.07) is 13.0. The summed E-state index contributed by atoms with van der Waals surface area (Å²) in [4.78, 5) is 16.3. The van der Waals surface area contributed by atoms with Crippen molar-refractivity contribution in [3.8, 4) is 11.1 Å². The van der Waals surface area contributed by atoms with E-state index in [4.69, 9.17) is 10.5 Å². The fourth-order valence-electron chi connectivity index (χ4n) is 3.43. The Labute approximate surface area is 179 Å². The molecule has 0 aromatic heterocycles. The van der Waals surface area contributed by atoms with Crippen LogP contribution in [0.2, 0.25) is 0 Å². The minimum Gasteiger partial charge on any atom is -0.444 e. The van der Waals surface area contributed by atoms with Gasteiger partial charge < -0.3 is 15.4 Å². The zero-order valence-electron chi connectivity index (χ0n) is 17.5. The molecule has 1 saturated heterocycles. The van der Waals surface area contributed by atoms with Gasteiger partial charge in [0.1, 0.15) is 11.4 Å². The average Bonchev–Trinajstić information content (AvgIpc) is 2.68. The van der Waals surface area contributed by atoms with Gasteiger partial charge in [0.2, 0.25) is 0 Å². The Bertz CT molecular complexity index is 856. The fraction of sp³-hybridized carbons (Fsp3) is 0.458. The van der Waals surface area contributed by atoms with Crippen LogP contribution >= 0.6 is 0 Å². The number of carbonyl (C=O) groups excluding carboxylic acids is 1. The Morgan fingerprint density at radius 2 is 1.77 bits per heavy atom. The van der Waals surface area contributed by atoms with Gasteiger partial charge in [-0.2, -0.15) is 0 Å². The van der Waals surface area contributed by atoms with E-state index in [1.54, 1.807) is 11.0 Å². The summed E-state index contributed by atoms with van der Waals surface area (Å²) in [5, 5.41) is 0. The molecule has 5 nitrogen and oxygen atoms in total. The summed E-state index contributed by atoms with van der Waals surface area (Å²) in [5.41, 5.74) is 8.67. The molecule has 3 rings (SSSR count). The molecular weight excluding hydrogens is 381 g/mol. The minimum absolute atomic E-state index is 0. The molecule has 2 aromatic rings. The van der Waals surface area contributed by atoms with Crippen molar-refractivity contribution in [2.24, 2.45) is 5.73 Å². The maximum atomic E-state index is 14.3. The minimum atomic E-state index is -0.481. The molecule has 0 atom stereocenters. The van der Waals surface area contributed by atoms with Gasteiger partial charge in [0.05, 0.1) is 0 Å². The van der Waals surface area contributed by atoms with E-state index in [9.17, 15) is 9.18 Å². The fourth-order valence-corrected chi connectivity index (χ4v) is 3.43. The summed E-state index contributed by atoms with van der Waals surface area (Å²) in [7, 11) is 0. The number of halogens is 1. The van der Waals surface area contributed by atoms with Crippen molar-refractivity contribution in [1.82, 2.24) is 9.80 Å². The number of rotatable bonds is 4. The summed E-state index contributed by atoms with van der Waals surface area (Å²) < 4.78 is 19.8. The first-order valence-corrected chi connectivity index (χ1v) is 10.0. The van der Waals surface area contributed by atoms with Crippen molar-refractivity contribution in [3.05, 3.63) is 59.4 Å². The molecule has 30 heavy (non-hydrogen) atoms. The Hall–Kier alpha value is -2.44. The molecule has 2 aromatic carbocycles. The third-order valence-electron chi connectivity index (χ3n) is 4.93. The van der Waals surface area contributed by atoms with Crippen molar-refractivity contribution >= 4 is 6.09 Å². The quantitative estimate of drug-likeness (QED) is 0.790. The predicted octanol–water partition coefficient (Wildman–Crippen LogP) is 4.64. The molecule has 0 saturated carbocycles. The largest absolute Gasteiger partial charge is 0.444 e. The standard InChI is InChI=1S/C23H30FN3O2.CH4/c1-23(2,3)29-22(28)27-11-9-26(10-12-27)16-18-5-4-6-19(13-18)20-14-17(15-25)7-8-21(20)24;/h4-8,13-14H,9-12,15-16,25H2,1-3H3;1H4. The number of carbonyl (C=O) groups is 1. The third kappa shape index (κ3) is 6.28. The van der Waals surface area contributed by atoms with Gasteiger partial charge in [-0.15, -0.1) is 0 Å². The Morgan fingerprint density at radius 3 is 2.40 bits per heavy atom. The SMILES string of the molecule is C.CC(C)(C)OC(=O)N1CCN(Cc2cccc(-c3cc(CN)ccc3F)c2)CC1. The molecule has 0 radical (unpaired) electrons. The third-order valence-corrected chi connectivity index (χ3v) is 4.93. The average molecular weight is 416 g/mol. The molecule has 1 amide bonds. The number of piperazine rings is 1. The van der Waals surface area contributed by atoms with Crippen molar-refractivity contribution in [2.75, 3.05) is 26.2 Å². The second-order valence-electron chi connectivity index (χ2n) is 8.46. The lowest BCUT2D eigenvalue weighted by atomic mass is 10.00. The number of nitrogens with zero attached hydrogens (tertiary/aromatic N) is 2. The van der Waals surface area contributed by atoms with E-state index in [-0.39, 0.29) is 19.3 Å². The first kappa shape index (κ1) is 23.8. The monoisotopic (exact) mass is 415 g/mol. The van der Waals surface area contributed by atoms with Gasteiger partial charge in [0.15, 0.2) is 0 Å². The maximum absolute atomic E-state index is 14.3. The number of ether oxygens (including phenoxy) is 1. The molecule has 164 valence electrons. The Morgan fingerprint density at radius 1 is 1.07 bits per heavy atom. The molecule has 1 aliphatic heterocycles. The molecule has 6 heteroatoms. The van der Waals surface area contributed by atoms with Gasteiger partial charge in [-0.05, 0) is 55.7 Å². The van der Waals surface area contributed by atoms with Crippen LogP contribution in [0.1, 0.15) is 39.3 Å². The molecule has 0 spiro atoms. The molecule has 0 aliphatic carbocycles. The lowest BCUT2D eigenvalue weighted by Crippen LogP contribution is -2.49. The molecular formula is C24H34FN3O2. The summed E-state index contributed by atoms with van der Waals surface area (Å²) in [6.07, 6.45) is -0.255. The van der Waals surface area contributed by atoms with Crippen LogP contribution in [-0.4, -0.2) is 47.7 Å². The number of benzene rings is 2. The van der Waals surface area contributed by atoms with Gasteiger partial charge in [0, 0.05) is 44.8 Å². The molecule has 1 fully saturated rings. The number of hydrogen-bond acceptors (Lipinski definition) is 4. The van der Waals surface area contributed by atoms with Crippen molar-refractivity contribution < 1.29 is 13.9 Å². The van der Waals surface area contributed by atoms with Crippen LogP contribution in [0.25, 0.3) is 11.1 Å². The van der Waals surface area contributed by atoms with Crippen molar-refractivity contribution in [1.29, 1.82) is 0 Å². The second kappa shape index (κ2) is 10.0. The van der Waals surface area contributed by atoms with Gasteiger partial charge in [-0.25, -0.2) is 9.18 Å². The van der Waals surface area contributed by atoms with Gasteiger partial charge >= 0.3 is 6.09 Å². The normalized spacial score (nSPS) is 14.9. The van der Waals surface area contributed by atoms with Crippen LogP contribution in [0, 0.1) is 5.82 Å². The number of nitrogens with two attached hydrogens (primary N) is 1. The zero-order chi connectivity index (χ0) is 21.0. The topological polar surface area (TPSA) is 58.8 Å². The van der Waals surface area contributed by atoms with E-state index in [0.717, 1.165) is 36.3 Å². The highest BCUT2D eigenvalue weighted by atomic mass is 19.1. The van der Waals surface area contributed by atoms with Gasteiger partial charge in [0.25, 0.3) is 0 Å². The van der Waals surface area contributed by atoms with Crippen LogP contribution in [0.5, 0.6) is 0 Å². The van der Waals surface area contributed by atoms with E-state index < -0.39 is 5.60 Å². The first-order chi connectivity index (χ1) is 13.7. The van der Waals surface area contributed by atoms with Crippen LogP contribution in [0.4, 0.5) is 9.18 Å². The van der Waals surface area contributed by atoms with E-state index >= 15 is 0 Å². The number of hydrogen-bond donors (Lipinski definition) is 1. The molecule has 1 heterocycles. The van der Waals surface area contributed by atoms with Crippen molar-refractivity contribution in [3.63, 3.8) is 0 Å². The highest BCUT2D eigenvalue weighted by molar-refractivity contribution is 5.68. The summed E-state index contributed by atoms with van der Waals surface area (Å²) in [6.45, 7) is 9.61. The first-order valence-electron chi connectivity index (χ1n) is 10.0. The van der Waals surface area contributed by atoms with Crippen LogP contribution in [0.15, 0.2) is 42.5 Å². The lowest BCUT2D eigenvalue weighted by molar-refractivity contribution is 0.0139.